The molecule has 0 bridgehead atoms. The number of carboxylic acid groups (broad SMARTS) is 1. The standard InChI is InChI=1S/C14H17NO3/c16-13-10-15(8-11-4-2-1-3-5-11)9-12(13)6-7-14(17)18/h1-5,12H,6-10H2,(H,17,18). The number of carbonyl (C=O) groups excluding carboxylic acids is 1. The number of benzene rings is 1. The van der Waals surface area contributed by atoms with E-state index in [0.717, 1.165) is 6.54 Å². The summed E-state index contributed by atoms with van der Waals surface area (Å²) >= 11 is 0. The Morgan fingerprint density at radius 3 is 2.72 bits per heavy atom. The molecule has 0 saturated carbocycles. The molecule has 0 spiro atoms. The zero-order valence-electron chi connectivity index (χ0n) is 10.2. The van der Waals surface area contributed by atoms with Gasteiger partial charge in [0.25, 0.3) is 0 Å². The molecule has 18 heavy (non-hydrogen) atoms. The Labute approximate surface area is 106 Å². The molecule has 1 N–H and O–H groups in total. The Bertz CT molecular complexity index is 430. The number of aliphatic carboxylic acids is 1. The van der Waals surface area contributed by atoms with Crippen molar-refractivity contribution >= 4 is 11.8 Å². The van der Waals surface area contributed by atoms with Crippen molar-refractivity contribution in [3.8, 4) is 0 Å². The van der Waals surface area contributed by atoms with E-state index in [2.05, 4.69) is 4.90 Å². The van der Waals surface area contributed by atoms with Crippen LogP contribution in [0, 0.1) is 5.92 Å². The smallest absolute Gasteiger partial charge is 0.303 e. The van der Waals surface area contributed by atoms with E-state index in [-0.39, 0.29) is 18.1 Å². The lowest BCUT2D eigenvalue weighted by molar-refractivity contribution is -0.137. The summed E-state index contributed by atoms with van der Waals surface area (Å²) in [7, 11) is 0. The number of rotatable bonds is 5. The molecule has 96 valence electrons. The SMILES string of the molecule is O=C(O)CCC1CN(Cc2ccccc2)CC1=O. The third-order valence-electron chi connectivity index (χ3n) is 3.27. The monoisotopic (exact) mass is 247 g/mol. The van der Waals surface area contributed by atoms with Crippen molar-refractivity contribution in [3.05, 3.63) is 35.9 Å². The van der Waals surface area contributed by atoms with Gasteiger partial charge in [0.15, 0.2) is 5.78 Å². The predicted molar refractivity (Wildman–Crippen MR) is 67.1 cm³/mol. The van der Waals surface area contributed by atoms with Crippen LogP contribution in [0.15, 0.2) is 30.3 Å². The largest absolute Gasteiger partial charge is 0.481 e. The lowest BCUT2D eigenvalue weighted by Gasteiger charge is -2.14. The molecule has 1 unspecified atom stereocenters. The van der Waals surface area contributed by atoms with Crippen LogP contribution in [0.1, 0.15) is 18.4 Å². The van der Waals surface area contributed by atoms with Gasteiger partial charge in [-0.15, -0.1) is 0 Å². The summed E-state index contributed by atoms with van der Waals surface area (Å²) in [6, 6.07) is 10.0. The number of nitrogens with zero attached hydrogens (tertiary/aromatic N) is 1. The molecule has 1 heterocycles. The van der Waals surface area contributed by atoms with E-state index < -0.39 is 5.97 Å². The summed E-state index contributed by atoms with van der Waals surface area (Å²) in [6.45, 7) is 1.89. The number of likely N-dealkylation sites (tertiary alicyclic amines) is 1. The fourth-order valence-corrected chi connectivity index (χ4v) is 2.34. The summed E-state index contributed by atoms with van der Waals surface area (Å²) in [4.78, 5) is 24.4. The molecule has 1 aliphatic heterocycles. The van der Waals surface area contributed by atoms with Crippen molar-refractivity contribution in [2.75, 3.05) is 13.1 Å². The second-order valence-electron chi connectivity index (χ2n) is 4.75. The van der Waals surface area contributed by atoms with Crippen molar-refractivity contribution in [2.24, 2.45) is 5.92 Å². The zero-order valence-corrected chi connectivity index (χ0v) is 10.2. The summed E-state index contributed by atoms with van der Waals surface area (Å²) in [5.74, 6) is -0.763. The van der Waals surface area contributed by atoms with E-state index in [9.17, 15) is 9.59 Å². The van der Waals surface area contributed by atoms with Crippen LogP contribution in [0.25, 0.3) is 0 Å². The lowest BCUT2D eigenvalue weighted by Crippen LogP contribution is -2.20. The van der Waals surface area contributed by atoms with E-state index in [1.54, 1.807) is 0 Å². The Kier molecular flexibility index (Phi) is 4.10. The highest BCUT2D eigenvalue weighted by Crippen LogP contribution is 2.19. The number of carboxylic acids is 1. The first-order chi connectivity index (χ1) is 8.65. The second-order valence-corrected chi connectivity index (χ2v) is 4.75. The molecule has 0 aliphatic carbocycles. The molecule has 1 aromatic carbocycles. The van der Waals surface area contributed by atoms with Crippen molar-refractivity contribution in [1.82, 2.24) is 4.90 Å². The Balaban J connectivity index is 1.86. The first-order valence-corrected chi connectivity index (χ1v) is 6.16. The summed E-state index contributed by atoms with van der Waals surface area (Å²) < 4.78 is 0. The normalized spacial score (nSPS) is 20.2. The predicted octanol–water partition coefficient (Wildman–Crippen LogP) is 1.55. The van der Waals surface area contributed by atoms with Crippen LogP contribution in [0.5, 0.6) is 0 Å². The van der Waals surface area contributed by atoms with Crippen LogP contribution >= 0.6 is 0 Å². The minimum Gasteiger partial charge on any atom is -0.481 e. The maximum Gasteiger partial charge on any atom is 0.303 e. The molecular formula is C14H17NO3. The molecule has 0 aromatic heterocycles. The molecule has 1 saturated heterocycles. The quantitative estimate of drug-likeness (QED) is 0.857. The van der Waals surface area contributed by atoms with Gasteiger partial charge in [-0.25, -0.2) is 0 Å². The molecule has 1 aromatic rings. The molecular weight excluding hydrogens is 230 g/mol. The molecule has 2 rings (SSSR count). The van der Waals surface area contributed by atoms with Gasteiger partial charge in [-0.05, 0) is 12.0 Å². The Hall–Kier alpha value is -1.68. The van der Waals surface area contributed by atoms with Crippen LogP contribution in [-0.4, -0.2) is 34.8 Å². The number of Topliss-reactive ketones (excluding diaryl/α,β-unsaturated/α-hetero) is 1. The number of carbonyl (C=O) groups is 2. The maximum atomic E-state index is 11.8. The Morgan fingerprint density at radius 1 is 1.33 bits per heavy atom. The van der Waals surface area contributed by atoms with Gasteiger partial charge in [-0.3, -0.25) is 14.5 Å². The first-order valence-electron chi connectivity index (χ1n) is 6.16. The molecule has 4 nitrogen and oxygen atoms in total. The Morgan fingerprint density at radius 2 is 2.06 bits per heavy atom. The van der Waals surface area contributed by atoms with Crippen LogP contribution in [0.2, 0.25) is 0 Å². The van der Waals surface area contributed by atoms with Gasteiger partial charge in [-0.1, -0.05) is 30.3 Å². The van der Waals surface area contributed by atoms with Gasteiger partial charge in [0.05, 0.1) is 6.54 Å². The number of hydrogen-bond donors (Lipinski definition) is 1. The van der Waals surface area contributed by atoms with E-state index in [1.165, 1.54) is 5.56 Å². The average molecular weight is 247 g/mol. The van der Waals surface area contributed by atoms with Gasteiger partial charge in [0.1, 0.15) is 0 Å². The first kappa shape index (κ1) is 12.8. The van der Waals surface area contributed by atoms with Crippen molar-refractivity contribution in [2.45, 2.75) is 19.4 Å². The molecule has 4 heteroatoms. The number of hydrogen-bond acceptors (Lipinski definition) is 3. The van der Waals surface area contributed by atoms with Crippen LogP contribution in [0.4, 0.5) is 0 Å². The van der Waals surface area contributed by atoms with Crippen LogP contribution in [0.3, 0.4) is 0 Å². The van der Waals surface area contributed by atoms with Gasteiger partial charge < -0.3 is 5.11 Å². The molecule has 1 atom stereocenters. The molecule has 0 radical (unpaired) electrons. The van der Waals surface area contributed by atoms with Gasteiger partial charge >= 0.3 is 5.97 Å². The minimum absolute atomic E-state index is 0.0790. The second kappa shape index (κ2) is 5.78. The van der Waals surface area contributed by atoms with Crippen molar-refractivity contribution in [1.29, 1.82) is 0 Å². The lowest BCUT2D eigenvalue weighted by atomic mass is 10.0. The third kappa shape index (κ3) is 3.40. The summed E-state index contributed by atoms with van der Waals surface area (Å²) in [5, 5.41) is 8.64. The van der Waals surface area contributed by atoms with Crippen molar-refractivity contribution in [3.63, 3.8) is 0 Å². The van der Waals surface area contributed by atoms with E-state index >= 15 is 0 Å². The number of ketones is 1. The third-order valence-corrected chi connectivity index (χ3v) is 3.27. The molecule has 1 fully saturated rings. The summed E-state index contributed by atoms with van der Waals surface area (Å²) in [6.07, 6.45) is 0.537. The average Bonchev–Trinajstić information content (AvgIpc) is 2.68. The van der Waals surface area contributed by atoms with Crippen LogP contribution in [-0.2, 0) is 16.1 Å². The highest BCUT2D eigenvalue weighted by Gasteiger charge is 2.30. The van der Waals surface area contributed by atoms with Gasteiger partial charge in [-0.2, -0.15) is 0 Å². The fourth-order valence-electron chi connectivity index (χ4n) is 2.34. The molecule has 0 amide bonds. The highest BCUT2D eigenvalue weighted by atomic mass is 16.4. The van der Waals surface area contributed by atoms with Gasteiger partial charge in [0.2, 0.25) is 0 Å². The van der Waals surface area contributed by atoms with Crippen LogP contribution < -0.4 is 0 Å². The summed E-state index contributed by atoms with van der Waals surface area (Å²) in [5.41, 5.74) is 1.18. The highest BCUT2D eigenvalue weighted by molar-refractivity contribution is 5.85. The van der Waals surface area contributed by atoms with Gasteiger partial charge in [0, 0.05) is 25.4 Å². The molecule has 1 aliphatic rings. The van der Waals surface area contributed by atoms with Crippen molar-refractivity contribution < 1.29 is 14.7 Å². The zero-order chi connectivity index (χ0) is 13.0. The topological polar surface area (TPSA) is 57.6 Å². The maximum absolute atomic E-state index is 11.8. The van der Waals surface area contributed by atoms with E-state index in [0.29, 0.717) is 19.5 Å². The van der Waals surface area contributed by atoms with E-state index in [4.69, 9.17) is 5.11 Å². The minimum atomic E-state index is -0.829. The fraction of sp³-hybridized carbons (Fsp3) is 0.429. The van der Waals surface area contributed by atoms with E-state index in [1.807, 2.05) is 30.3 Å².